The van der Waals surface area contributed by atoms with Crippen LogP contribution < -0.4 is 14.8 Å². The first-order chi connectivity index (χ1) is 12.6. The molecular weight excluding hydrogens is 334 g/mol. The van der Waals surface area contributed by atoms with Crippen molar-refractivity contribution >= 4 is 11.9 Å². The molecule has 1 unspecified atom stereocenters. The molecule has 2 N–H and O–H groups in total. The summed E-state index contributed by atoms with van der Waals surface area (Å²) in [6.07, 6.45) is 0.718. The Hall–Kier alpha value is -3.02. The van der Waals surface area contributed by atoms with Crippen LogP contribution in [0.3, 0.4) is 0 Å². The van der Waals surface area contributed by atoms with Crippen molar-refractivity contribution in [3.8, 4) is 11.5 Å². The van der Waals surface area contributed by atoms with Gasteiger partial charge in [-0.3, -0.25) is 4.79 Å². The molecular formula is C20H21NO5. The Morgan fingerprint density at radius 2 is 2.04 bits per heavy atom. The molecule has 26 heavy (non-hydrogen) atoms. The molecule has 0 spiro atoms. The lowest BCUT2D eigenvalue weighted by atomic mass is 9.95. The maximum atomic E-state index is 12.6. The normalized spacial score (nSPS) is 16.7. The number of fused-ring (bicyclic) bond motifs is 1. The summed E-state index contributed by atoms with van der Waals surface area (Å²) < 4.78 is 10.9. The Balaban J connectivity index is 1.67. The van der Waals surface area contributed by atoms with Crippen molar-refractivity contribution in [2.45, 2.75) is 18.9 Å². The highest BCUT2D eigenvalue weighted by Gasteiger charge is 2.29. The quantitative estimate of drug-likeness (QED) is 0.828. The Morgan fingerprint density at radius 1 is 1.27 bits per heavy atom. The van der Waals surface area contributed by atoms with Crippen molar-refractivity contribution < 1.29 is 24.2 Å². The summed E-state index contributed by atoms with van der Waals surface area (Å²) in [6, 6.07) is 13.7. The van der Waals surface area contributed by atoms with Gasteiger partial charge in [0, 0.05) is 6.42 Å². The molecule has 0 saturated heterocycles. The third-order valence-corrected chi connectivity index (χ3v) is 4.44. The second-order valence-corrected chi connectivity index (χ2v) is 6.27. The topological polar surface area (TPSA) is 84.9 Å². The van der Waals surface area contributed by atoms with Gasteiger partial charge in [0.15, 0.2) is 0 Å². The predicted octanol–water partition coefficient (Wildman–Crippen LogP) is 2.06. The van der Waals surface area contributed by atoms with Crippen LogP contribution in [0.1, 0.15) is 11.1 Å². The van der Waals surface area contributed by atoms with Crippen LogP contribution >= 0.6 is 0 Å². The van der Waals surface area contributed by atoms with Crippen molar-refractivity contribution in [3.63, 3.8) is 0 Å². The first-order valence-electron chi connectivity index (χ1n) is 8.43. The van der Waals surface area contributed by atoms with Crippen LogP contribution in [0.5, 0.6) is 11.5 Å². The van der Waals surface area contributed by atoms with Gasteiger partial charge in [-0.05, 0) is 35.7 Å². The average molecular weight is 355 g/mol. The number of carboxylic acid groups (broad SMARTS) is 1. The van der Waals surface area contributed by atoms with Gasteiger partial charge >= 0.3 is 5.97 Å². The molecule has 2 atom stereocenters. The van der Waals surface area contributed by atoms with Gasteiger partial charge in [0.1, 0.15) is 24.1 Å². The van der Waals surface area contributed by atoms with E-state index < -0.39 is 17.9 Å². The summed E-state index contributed by atoms with van der Waals surface area (Å²) in [6.45, 7) is 0.225. The smallest absolute Gasteiger partial charge is 0.326 e. The van der Waals surface area contributed by atoms with Crippen LogP contribution in [0.2, 0.25) is 0 Å². The highest BCUT2D eigenvalue weighted by atomic mass is 16.5. The number of benzene rings is 2. The fourth-order valence-electron chi connectivity index (χ4n) is 3.01. The summed E-state index contributed by atoms with van der Waals surface area (Å²) in [5.74, 6) is -0.384. The fraction of sp³-hybridized carbons (Fsp3) is 0.300. The van der Waals surface area contributed by atoms with E-state index in [2.05, 4.69) is 5.32 Å². The Labute approximate surface area is 151 Å². The molecule has 1 amide bonds. The number of methoxy groups -OCH3 is 1. The number of nitrogens with one attached hydrogen (secondary N) is 1. The summed E-state index contributed by atoms with van der Waals surface area (Å²) >= 11 is 0. The number of rotatable bonds is 6. The first-order valence-corrected chi connectivity index (χ1v) is 8.43. The van der Waals surface area contributed by atoms with E-state index in [9.17, 15) is 14.7 Å². The van der Waals surface area contributed by atoms with Crippen LogP contribution in [-0.2, 0) is 22.4 Å². The number of carbonyl (C=O) groups is 2. The van der Waals surface area contributed by atoms with Crippen molar-refractivity contribution in [1.29, 1.82) is 0 Å². The van der Waals surface area contributed by atoms with Gasteiger partial charge in [0.05, 0.1) is 13.0 Å². The van der Waals surface area contributed by atoms with Crippen LogP contribution in [0, 0.1) is 5.92 Å². The Kier molecular flexibility index (Phi) is 5.41. The maximum absolute atomic E-state index is 12.6. The molecule has 0 aliphatic carbocycles. The molecule has 0 saturated carbocycles. The SMILES string of the molecule is COc1ccc2c(c1)CC(C(=O)N[C@H](Cc1ccccc1)C(=O)O)CO2. The van der Waals surface area contributed by atoms with Gasteiger partial charge in [-0.15, -0.1) is 0 Å². The molecule has 2 aromatic carbocycles. The molecule has 1 aliphatic rings. The van der Waals surface area contributed by atoms with Crippen molar-refractivity contribution in [1.82, 2.24) is 5.32 Å². The molecule has 2 aromatic rings. The molecule has 1 aliphatic heterocycles. The third-order valence-electron chi connectivity index (χ3n) is 4.44. The van der Waals surface area contributed by atoms with Gasteiger partial charge in [-0.2, -0.15) is 0 Å². The molecule has 0 radical (unpaired) electrons. The fourth-order valence-corrected chi connectivity index (χ4v) is 3.01. The number of amides is 1. The minimum Gasteiger partial charge on any atom is -0.497 e. The van der Waals surface area contributed by atoms with Gasteiger partial charge in [0.2, 0.25) is 5.91 Å². The molecule has 6 nitrogen and oxygen atoms in total. The van der Waals surface area contributed by atoms with Gasteiger partial charge in [-0.1, -0.05) is 30.3 Å². The monoisotopic (exact) mass is 355 g/mol. The second kappa shape index (κ2) is 7.91. The third kappa shape index (κ3) is 4.14. The van der Waals surface area contributed by atoms with E-state index in [1.54, 1.807) is 13.2 Å². The molecule has 0 fully saturated rings. The van der Waals surface area contributed by atoms with Crippen LogP contribution in [0.15, 0.2) is 48.5 Å². The molecule has 6 heteroatoms. The van der Waals surface area contributed by atoms with Crippen LogP contribution in [0.25, 0.3) is 0 Å². The predicted molar refractivity (Wildman–Crippen MR) is 95.4 cm³/mol. The van der Waals surface area contributed by atoms with E-state index in [0.29, 0.717) is 12.2 Å². The maximum Gasteiger partial charge on any atom is 0.326 e. The largest absolute Gasteiger partial charge is 0.497 e. The summed E-state index contributed by atoms with van der Waals surface area (Å²) in [4.78, 5) is 24.1. The number of carboxylic acids is 1. The summed E-state index contributed by atoms with van der Waals surface area (Å²) in [7, 11) is 1.58. The zero-order valence-corrected chi connectivity index (χ0v) is 14.5. The summed E-state index contributed by atoms with van der Waals surface area (Å²) in [5, 5.41) is 12.1. The highest BCUT2D eigenvalue weighted by molar-refractivity contribution is 5.85. The lowest BCUT2D eigenvalue weighted by molar-refractivity contribution is -0.142. The number of ether oxygens (including phenoxy) is 2. The van der Waals surface area contributed by atoms with E-state index in [-0.39, 0.29) is 18.9 Å². The van der Waals surface area contributed by atoms with E-state index >= 15 is 0 Å². The second-order valence-electron chi connectivity index (χ2n) is 6.27. The average Bonchev–Trinajstić information content (AvgIpc) is 2.67. The van der Waals surface area contributed by atoms with Crippen LogP contribution in [0.4, 0.5) is 0 Å². The lowest BCUT2D eigenvalue weighted by Crippen LogP contribution is -2.47. The van der Waals surface area contributed by atoms with Gasteiger partial charge in [0.25, 0.3) is 0 Å². The first kappa shape index (κ1) is 17.8. The molecule has 0 aromatic heterocycles. The minimum absolute atomic E-state index is 0.225. The lowest BCUT2D eigenvalue weighted by Gasteiger charge is -2.26. The van der Waals surface area contributed by atoms with E-state index in [4.69, 9.17) is 9.47 Å². The molecule has 1 heterocycles. The number of carbonyl (C=O) groups excluding carboxylic acids is 1. The van der Waals surface area contributed by atoms with Gasteiger partial charge in [-0.25, -0.2) is 4.79 Å². The van der Waals surface area contributed by atoms with Crippen LogP contribution in [-0.4, -0.2) is 36.7 Å². The van der Waals surface area contributed by atoms with E-state index in [0.717, 1.165) is 16.9 Å². The zero-order chi connectivity index (χ0) is 18.5. The number of hydrogen-bond donors (Lipinski definition) is 2. The Bertz CT molecular complexity index is 790. The number of hydrogen-bond acceptors (Lipinski definition) is 4. The van der Waals surface area contributed by atoms with E-state index in [1.165, 1.54) is 0 Å². The molecule has 0 bridgehead atoms. The van der Waals surface area contributed by atoms with Crippen molar-refractivity contribution in [2.75, 3.05) is 13.7 Å². The number of aliphatic carboxylic acids is 1. The van der Waals surface area contributed by atoms with Crippen molar-refractivity contribution in [2.24, 2.45) is 5.92 Å². The standard InChI is InChI=1S/C20H21NO5/c1-25-16-7-8-18-14(11-16)10-15(12-26-18)19(22)21-17(20(23)24)9-13-5-3-2-4-6-13/h2-8,11,15,17H,9-10,12H2,1H3,(H,21,22)(H,23,24)/t15?,17-/m1/s1. The molecule has 3 rings (SSSR count). The Morgan fingerprint density at radius 3 is 2.73 bits per heavy atom. The highest BCUT2D eigenvalue weighted by Crippen LogP contribution is 2.30. The molecule has 136 valence electrons. The summed E-state index contributed by atoms with van der Waals surface area (Å²) in [5.41, 5.74) is 1.74. The van der Waals surface area contributed by atoms with E-state index in [1.807, 2.05) is 42.5 Å². The van der Waals surface area contributed by atoms with Gasteiger partial charge < -0.3 is 19.9 Å². The minimum atomic E-state index is -1.05. The zero-order valence-electron chi connectivity index (χ0n) is 14.5. The van der Waals surface area contributed by atoms with Crippen molar-refractivity contribution in [3.05, 3.63) is 59.7 Å².